The van der Waals surface area contributed by atoms with Gasteiger partial charge >= 0.3 is 6.18 Å². The minimum absolute atomic E-state index is 0.219. The van der Waals surface area contributed by atoms with Crippen LogP contribution in [0.15, 0.2) is 18.2 Å². The van der Waals surface area contributed by atoms with E-state index in [-0.39, 0.29) is 11.7 Å². The Balaban J connectivity index is 2.35. The van der Waals surface area contributed by atoms with E-state index in [0.29, 0.717) is 18.5 Å². The third-order valence-electron chi connectivity index (χ3n) is 4.05. The van der Waals surface area contributed by atoms with Crippen LogP contribution in [0.25, 0.3) is 0 Å². The summed E-state index contributed by atoms with van der Waals surface area (Å²) in [5.74, 6) is 0. The van der Waals surface area contributed by atoms with Gasteiger partial charge in [-0.25, -0.2) is 0 Å². The van der Waals surface area contributed by atoms with Crippen molar-refractivity contribution in [3.63, 3.8) is 0 Å². The Morgan fingerprint density at radius 2 is 1.90 bits per heavy atom. The summed E-state index contributed by atoms with van der Waals surface area (Å²) >= 11 is 0. The van der Waals surface area contributed by atoms with Crippen molar-refractivity contribution in [2.45, 2.75) is 44.3 Å². The van der Waals surface area contributed by atoms with Crippen molar-refractivity contribution < 1.29 is 13.2 Å². The Bertz CT molecular complexity index is 451. The van der Waals surface area contributed by atoms with Crippen LogP contribution < -0.4 is 10.6 Å². The van der Waals surface area contributed by atoms with Gasteiger partial charge < -0.3 is 10.6 Å². The lowest BCUT2D eigenvalue weighted by atomic mass is 10.0. The quantitative estimate of drug-likeness (QED) is 0.916. The molecule has 0 atom stereocenters. The zero-order valence-corrected chi connectivity index (χ0v) is 11.7. The fourth-order valence-corrected chi connectivity index (χ4v) is 2.93. The van der Waals surface area contributed by atoms with Crippen LogP contribution in [0.3, 0.4) is 0 Å². The van der Waals surface area contributed by atoms with Crippen molar-refractivity contribution in [3.8, 4) is 0 Å². The number of hydrogen-bond acceptors (Lipinski definition) is 2. The molecule has 1 fully saturated rings. The normalized spacial score (nSPS) is 16.6. The van der Waals surface area contributed by atoms with Crippen LogP contribution in [0.1, 0.15) is 36.8 Å². The fraction of sp³-hybridized carbons (Fsp3) is 0.600. The average Bonchev–Trinajstić information content (AvgIpc) is 2.91. The number of anilines is 1. The smallest absolute Gasteiger partial charge is 0.371 e. The molecule has 0 saturated heterocycles. The SMILES string of the molecule is CN(c1ccc(CCN)cc1C(F)(F)F)C1CCCC1. The molecule has 1 aliphatic rings. The highest BCUT2D eigenvalue weighted by Gasteiger charge is 2.36. The molecule has 2 rings (SSSR count). The zero-order chi connectivity index (χ0) is 14.8. The first-order chi connectivity index (χ1) is 9.43. The van der Waals surface area contributed by atoms with Crippen LogP contribution in [0.5, 0.6) is 0 Å². The fourth-order valence-electron chi connectivity index (χ4n) is 2.93. The molecule has 2 N–H and O–H groups in total. The summed E-state index contributed by atoms with van der Waals surface area (Å²) in [6, 6.07) is 4.80. The molecule has 1 aromatic carbocycles. The lowest BCUT2D eigenvalue weighted by molar-refractivity contribution is -0.137. The standard InChI is InChI=1S/C15H21F3N2/c1-20(12-4-2-3-5-12)14-7-6-11(8-9-19)10-13(14)15(16,17)18/h6-7,10,12H,2-5,8-9,19H2,1H3. The minimum atomic E-state index is -4.33. The molecule has 2 nitrogen and oxygen atoms in total. The number of halogens is 3. The van der Waals surface area contributed by atoms with Crippen molar-refractivity contribution in [1.82, 2.24) is 0 Å². The van der Waals surface area contributed by atoms with Gasteiger partial charge in [0.2, 0.25) is 0 Å². The molecule has 0 heterocycles. The number of benzene rings is 1. The second kappa shape index (κ2) is 6.04. The number of alkyl halides is 3. The molecule has 0 aromatic heterocycles. The summed E-state index contributed by atoms with van der Waals surface area (Å²) in [6.07, 6.45) is 0.281. The van der Waals surface area contributed by atoms with Gasteiger partial charge in [0, 0.05) is 18.8 Å². The predicted molar refractivity (Wildman–Crippen MR) is 74.9 cm³/mol. The molecule has 0 amide bonds. The van der Waals surface area contributed by atoms with Crippen LogP contribution in [0, 0.1) is 0 Å². The van der Waals surface area contributed by atoms with Gasteiger partial charge in [0.25, 0.3) is 0 Å². The molecule has 1 aliphatic carbocycles. The van der Waals surface area contributed by atoms with Crippen molar-refractivity contribution in [2.75, 3.05) is 18.5 Å². The van der Waals surface area contributed by atoms with E-state index in [2.05, 4.69) is 0 Å². The van der Waals surface area contributed by atoms with E-state index in [1.807, 2.05) is 0 Å². The largest absolute Gasteiger partial charge is 0.418 e. The second-order valence-corrected chi connectivity index (χ2v) is 5.44. The Kier molecular flexibility index (Phi) is 4.58. The third-order valence-corrected chi connectivity index (χ3v) is 4.05. The first-order valence-electron chi connectivity index (χ1n) is 7.06. The Morgan fingerprint density at radius 3 is 2.45 bits per heavy atom. The first kappa shape index (κ1) is 15.2. The van der Waals surface area contributed by atoms with E-state index in [0.717, 1.165) is 25.7 Å². The Labute approximate surface area is 117 Å². The number of hydrogen-bond donors (Lipinski definition) is 1. The molecule has 0 radical (unpaired) electrons. The minimum Gasteiger partial charge on any atom is -0.371 e. The molecule has 20 heavy (non-hydrogen) atoms. The van der Waals surface area contributed by atoms with E-state index >= 15 is 0 Å². The molecule has 112 valence electrons. The van der Waals surface area contributed by atoms with Crippen molar-refractivity contribution in [1.29, 1.82) is 0 Å². The zero-order valence-electron chi connectivity index (χ0n) is 11.7. The van der Waals surface area contributed by atoms with Crippen LogP contribution in [-0.2, 0) is 12.6 Å². The number of nitrogens with two attached hydrogens (primary N) is 1. The first-order valence-corrected chi connectivity index (χ1v) is 7.06. The molecule has 0 bridgehead atoms. The van der Waals surface area contributed by atoms with Gasteiger partial charge in [-0.1, -0.05) is 18.9 Å². The average molecular weight is 286 g/mol. The lowest BCUT2D eigenvalue weighted by Crippen LogP contribution is -2.30. The lowest BCUT2D eigenvalue weighted by Gasteiger charge is -2.29. The topological polar surface area (TPSA) is 29.3 Å². The highest BCUT2D eigenvalue weighted by atomic mass is 19.4. The molecular formula is C15H21F3N2. The summed E-state index contributed by atoms with van der Waals surface area (Å²) in [4.78, 5) is 1.79. The maximum Gasteiger partial charge on any atom is 0.418 e. The highest BCUT2D eigenvalue weighted by Crippen LogP contribution is 2.39. The second-order valence-electron chi connectivity index (χ2n) is 5.44. The Hall–Kier alpha value is -1.23. The summed E-state index contributed by atoms with van der Waals surface area (Å²) in [5, 5.41) is 0. The van der Waals surface area contributed by atoms with E-state index in [9.17, 15) is 13.2 Å². The van der Waals surface area contributed by atoms with Crippen LogP contribution >= 0.6 is 0 Å². The number of nitrogens with zero attached hydrogens (tertiary/aromatic N) is 1. The monoisotopic (exact) mass is 286 g/mol. The molecule has 0 spiro atoms. The van der Waals surface area contributed by atoms with Gasteiger partial charge in [-0.3, -0.25) is 0 Å². The predicted octanol–water partition coefficient (Wildman–Crippen LogP) is 3.59. The van der Waals surface area contributed by atoms with Gasteiger partial charge in [-0.05, 0) is 43.5 Å². The molecule has 5 heteroatoms. The molecule has 0 aliphatic heterocycles. The summed E-state index contributed by atoms with van der Waals surface area (Å²) in [6.45, 7) is 0.356. The van der Waals surface area contributed by atoms with Gasteiger partial charge in [-0.2, -0.15) is 13.2 Å². The molecule has 1 aromatic rings. The van der Waals surface area contributed by atoms with Crippen LogP contribution in [-0.4, -0.2) is 19.6 Å². The Morgan fingerprint density at radius 1 is 1.25 bits per heavy atom. The van der Waals surface area contributed by atoms with Crippen molar-refractivity contribution in [2.24, 2.45) is 5.73 Å². The van der Waals surface area contributed by atoms with Crippen molar-refractivity contribution >= 4 is 5.69 Å². The van der Waals surface area contributed by atoms with Gasteiger partial charge in [0.05, 0.1) is 5.56 Å². The molecule has 1 saturated carbocycles. The van der Waals surface area contributed by atoms with E-state index in [1.54, 1.807) is 24.1 Å². The van der Waals surface area contributed by atoms with Crippen LogP contribution in [0.4, 0.5) is 18.9 Å². The number of rotatable bonds is 4. The maximum atomic E-state index is 13.3. The van der Waals surface area contributed by atoms with Crippen molar-refractivity contribution in [3.05, 3.63) is 29.3 Å². The summed E-state index contributed by atoms with van der Waals surface area (Å²) < 4.78 is 39.8. The molecule has 0 unspecified atom stereocenters. The van der Waals surface area contributed by atoms with Gasteiger partial charge in [-0.15, -0.1) is 0 Å². The van der Waals surface area contributed by atoms with Gasteiger partial charge in [0.15, 0.2) is 0 Å². The highest BCUT2D eigenvalue weighted by molar-refractivity contribution is 5.56. The summed E-state index contributed by atoms with van der Waals surface area (Å²) in [5.41, 5.74) is 5.81. The third kappa shape index (κ3) is 3.26. The maximum absolute atomic E-state index is 13.3. The van der Waals surface area contributed by atoms with Gasteiger partial charge in [0.1, 0.15) is 0 Å². The van der Waals surface area contributed by atoms with E-state index < -0.39 is 11.7 Å². The van der Waals surface area contributed by atoms with Crippen LogP contribution in [0.2, 0.25) is 0 Å². The van der Waals surface area contributed by atoms with E-state index in [4.69, 9.17) is 5.73 Å². The molecular weight excluding hydrogens is 265 g/mol. The van der Waals surface area contributed by atoms with E-state index in [1.165, 1.54) is 6.07 Å². The summed E-state index contributed by atoms with van der Waals surface area (Å²) in [7, 11) is 1.77.